The third-order valence-corrected chi connectivity index (χ3v) is 2.99. The fraction of sp³-hybridized carbons (Fsp3) is 0.667. The standard InChI is InChI=1S/C6H10OS/c1-5-3-8(7)4-6(5)2/h3-4H2,1-2H3. The molecule has 0 N–H and O–H groups in total. The van der Waals surface area contributed by atoms with E-state index in [0.29, 0.717) is 0 Å². The van der Waals surface area contributed by atoms with E-state index in [-0.39, 0.29) is 0 Å². The Bertz CT molecular complexity index is 142. The summed E-state index contributed by atoms with van der Waals surface area (Å²) >= 11 is 0. The van der Waals surface area contributed by atoms with Crippen molar-refractivity contribution in [1.29, 1.82) is 0 Å². The minimum atomic E-state index is -0.557. The smallest absolute Gasteiger partial charge is 0.0448 e. The van der Waals surface area contributed by atoms with E-state index in [1.807, 2.05) is 0 Å². The van der Waals surface area contributed by atoms with Crippen molar-refractivity contribution in [2.45, 2.75) is 13.8 Å². The van der Waals surface area contributed by atoms with E-state index in [1.54, 1.807) is 0 Å². The largest absolute Gasteiger partial charge is 0.259 e. The molecule has 8 heavy (non-hydrogen) atoms. The molecule has 1 nitrogen and oxygen atoms in total. The summed E-state index contributed by atoms with van der Waals surface area (Å²) in [5, 5.41) is 0. The van der Waals surface area contributed by atoms with Gasteiger partial charge in [-0.1, -0.05) is 11.1 Å². The monoisotopic (exact) mass is 130 g/mol. The summed E-state index contributed by atoms with van der Waals surface area (Å²) in [6.45, 7) is 4.11. The van der Waals surface area contributed by atoms with Crippen molar-refractivity contribution in [3.8, 4) is 0 Å². The molecule has 0 unspecified atom stereocenters. The zero-order valence-corrected chi connectivity index (χ0v) is 6.05. The molecule has 1 aliphatic rings. The van der Waals surface area contributed by atoms with Crippen LogP contribution < -0.4 is 0 Å². The summed E-state index contributed by atoms with van der Waals surface area (Å²) < 4.78 is 10.7. The molecule has 0 aromatic carbocycles. The summed E-state index contributed by atoms with van der Waals surface area (Å²) in [5.41, 5.74) is 2.65. The van der Waals surface area contributed by atoms with Crippen molar-refractivity contribution >= 4 is 10.8 Å². The lowest BCUT2D eigenvalue weighted by Gasteiger charge is -1.85. The fourth-order valence-corrected chi connectivity index (χ4v) is 2.34. The molecule has 46 valence electrons. The SMILES string of the molecule is CC1=C(C)CS(=O)C1. The Labute approximate surface area is 52.2 Å². The maximum absolute atomic E-state index is 10.7. The summed E-state index contributed by atoms with van der Waals surface area (Å²) in [7, 11) is -0.557. The maximum atomic E-state index is 10.7. The highest BCUT2D eigenvalue weighted by Gasteiger charge is 2.12. The van der Waals surface area contributed by atoms with Crippen LogP contribution in [-0.4, -0.2) is 15.7 Å². The Kier molecular flexibility index (Phi) is 1.52. The average Bonchev–Trinajstić information content (AvgIpc) is 1.85. The van der Waals surface area contributed by atoms with Gasteiger partial charge in [-0.2, -0.15) is 0 Å². The second-order valence-electron chi connectivity index (χ2n) is 2.29. The zero-order chi connectivity index (χ0) is 6.15. The van der Waals surface area contributed by atoms with Gasteiger partial charge in [0.05, 0.1) is 0 Å². The Morgan fingerprint density at radius 2 is 1.62 bits per heavy atom. The van der Waals surface area contributed by atoms with Gasteiger partial charge in [0.25, 0.3) is 0 Å². The minimum absolute atomic E-state index is 0.557. The first kappa shape index (κ1) is 6.02. The zero-order valence-electron chi connectivity index (χ0n) is 5.23. The van der Waals surface area contributed by atoms with Gasteiger partial charge in [0.15, 0.2) is 0 Å². The molecule has 0 aromatic rings. The van der Waals surface area contributed by atoms with Crippen molar-refractivity contribution in [2.24, 2.45) is 0 Å². The fourth-order valence-electron chi connectivity index (χ4n) is 0.780. The highest BCUT2D eigenvalue weighted by molar-refractivity contribution is 7.85. The average molecular weight is 130 g/mol. The number of hydrogen-bond acceptors (Lipinski definition) is 1. The summed E-state index contributed by atoms with van der Waals surface area (Å²) in [5.74, 6) is 1.62. The molecular weight excluding hydrogens is 120 g/mol. The Balaban J connectivity index is 2.73. The molecule has 0 atom stereocenters. The third kappa shape index (κ3) is 0.996. The molecule has 1 aliphatic heterocycles. The van der Waals surface area contributed by atoms with Gasteiger partial charge in [-0.05, 0) is 13.8 Å². The van der Waals surface area contributed by atoms with Gasteiger partial charge in [-0.3, -0.25) is 4.21 Å². The molecule has 2 heteroatoms. The van der Waals surface area contributed by atoms with Crippen molar-refractivity contribution in [2.75, 3.05) is 11.5 Å². The highest BCUT2D eigenvalue weighted by Crippen LogP contribution is 2.14. The molecule has 0 aromatic heterocycles. The second-order valence-corrected chi connectivity index (χ2v) is 3.75. The van der Waals surface area contributed by atoms with Crippen LogP contribution in [-0.2, 0) is 10.8 Å². The van der Waals surface area contributed by atoms with E-state index in [4.69, 9.17) is 0 Å². The number of hydrogen-bond donors (Lipinski definition) is 0. The number of rotatable bonds is 0. The lowest BCUT2D eigenvalue weighted by molar-refractivity contribution is 0.687. The van der Waals surface area contributed by atoms with E-state index in [0.717, 1.165) is 11.5 Å². The molecular formula is C6H10OS. The van der Waals surface area contributed by atoms with Crippen LogP contribution in [0.4, 0.5) is 0 Å². The van der Waals surface area contributed by atoms with Gasteiger partial charge >= 0.3 is 0 Å². The van der Waals surface area contributed by atoms with E-state index in [1.165, 1.54) is 11.1 Å². The second kappa shape index (κ2) is 2.02. The van der Waals surface area contributed by atoms with Crippen molar-refractivity contribution in [3.63, 3.8) is 0 Å². The van der Waals surface area contributed by atoms with Gasteiger partial charge in [0.2, 0.25) is 0 Å². The van der Waals surface area contributed by atoms with Crippen LogP contribution in [0, 0.1) is 0 Å². The predicted molar refractivity (Wildman–Crippen MR) is 36.3 cm³/mol. The van der Waals surface area contributed by atoms with Gasteiger partial charge < -0.3 is 0 Å². The first-order valence-corrected chi connectivity index (χ1v) is 4.19. The molecule has 0 aliphatic carbocycles. The molecule has 0 spiro atoms. The van der Waals surface area contributed by atoms with Crippen LogP contribution in [0.5, 0.6) is 0 Å². The Hall–Kier alpha value is -0.110. The van der Waals surface area contributed by atoms with Crippen LogP contribution in [0.25, 0.3) is 0 Å². The maximum Gasteiger partial charge on any atom is 0.0448 e. The van der Waals surface area contributed by atoms with Crippen molar-refractivity contribution in [3.05, 3.63) is 11.1 Å². The quantitative estimate of drug-likeness (QED) is 0.448. The molecule has 0 saturated heterocycles. The molecule has 0 radical (unpaired) electrons. The first-order chi connectivity index (χ1) is 3.70. The van der Waals surface area contributed by atoms with Crippen LogP contribution in [0.1, 0.15) is 13.8 Å². The molecule has 0 fully saturated rings. The van der Waals surface area contributed by atoms with Crippen molar-refractivity contribution < 1.29 is 4.21 Å². The normalized spacial score (nSPS) is 22.8. The van der Waals surface area contributed by atoms with Crippen LogP contribution in [0.2, 0.25) is 0 Å². The lowest BCUT2D eigenvalue weighted by Crippen LogP contribution is -1.90. The van der Waals surface area contributed by atoms with Crippen LogP contribution >= 0.6 is 0 Å². The van der Waals surface area contributed by atoms with E-state index in [9.17, 15) is 4.21 Å². The molecule has 0 amide bonds. The molecule has 0 saturated carbocycles. The minimum Gasteiger partial charge on any atom is -0.259 e. The molecule has 1 rings (SSSR count). The first-order valence-electron chi connectivity index (χ1n) is 2.70. The Morgan fingerprint density at radius 1 is 1.25 bits per heavy atom. The summed E-state index contributed by atoms with van der Waals surface area (Å²) in [6, 6.07) is 0. The predicted octanol–water partition coefficient (Wildman–Crippen LogP) is 1.09. The van der Waals surface area contributed by atoms with Gasteiger partial charge in [0.1, 0.15) is 0 Å². The third-order valence-electron chi connectivity index (χ3n) is 1.48. The van der Waals surface area contributed by atoms with Gasteiger partial charge in [-0.25, -0.2) is 0 Å². The Morgan fingerprint density at radius 3 is 1.75 bits per heavy atom. The summed E-state index contributed by atoms with van der Waals surface area (Å²) in [4.78, 5) is 0. The van der Waals surface area contributed by atoms with Gasteiger partial charge in [-0.15, -0.1) is 0 Å². The van der Waals surface area contributed by atoms with Gasteiger partial charge in [0, 0.05) is 22.3 Å². The van der Waals surface area contributed by atoms with E-state index < -0.39 is 10.8 Å². The summed E-state index contributed by atoms with van der Waals surface area (Å²) in [6.07, 6.45) is 0. The van der Waals surface area contributed by atoms with E-state index >= 15 is 0 Å². The highest BCUT2D eigenvalue weighted by atomic mass is 32.2. The topological polar surface area (TPSA) is 17.1 Å². The molecule has 1 heterocycles. The van der Waals surface area contributed by atoms with E-state index in [2.05, 4.69) is 13.8 Å². The lowest BCUT2D eigenvalue weighted by atomic mass is 10.2. The van der Waals surface area contributed by atoms with Crippen molar-refractivity contribution in [1.82, 2.24) is 0 Å². The van der Waals surface area contributed by atoms with Crippen LogP contribution in [0.3, 0.4) is 0 Å². The molecule has 0 bridgehead atoms. The van der Waals surface area contributed by atoms with Crippen LogP contribution in [0.15, 0.2) is 11.1 Å².